The Labute approximate surface area is 147 Å². The number of benzene rings is 1. The van der Waals surface area contributed by atoms with E-state index in [-0.39, 0.29) is 5.75 Å². The van der Waals surface area contributed by atoms with E-state index in [0.29, 0.717) is 22.6 Å². The minimum atomic E-state index is -3.27. The quantitative estimate of drug-likeness (QED) is 0.811. The summed E-state index contributed by atoms with van der Waals surface area (Å²) < 4.78 is 30.3. The molecule has 1 aliphatic rings. The van der Waals surface area contributed by atoms with Gasteiger partial charge in [-0.1, -0.05) is 26.8 Å². The molecule has 1 aromatic carbocycles. The van der Waals surface area contributed by atoms with Crippen molar-refractivity contribution in [2.75, 3.05) is 32.5 Å². The van der Waals surface area contributed by atoms with Crippen molar-refractivity contribution < 1.29 is 13.2 Å². The lowest BCUT2D eigenvalue weighted by Crippen LogP contribution is -2.31. The molecule has 1 fully saturated rings. The van der Waals surface area contributed by atoms with Gasteiger partial charge in [0.15, 0.2) is 9.84 Å². The van der Waals surface area contributed by atoms with Crippen LogP contribution in [0.25, 0.3) is 0 Å². The van der Waals surface area contributed by atoms with Gasteiger partial charge in [-0.15, -0.1) is 0 Å². The normalized spacial score (nSPS) is 20.6. The highest BCUT2D eigenvalue weighted by molar-refractivity contribution is 7.91. The monoisotopic (exact) mass is 353 g/mol. The molecular formula is C19H31NO3S. The second kappa shape index (κ2) is 7.87. The van der Waals surface area contributed by atoms with E-state index in [9.17, 15) is 8.42 Å². The number of sulfone groups is 1. The maximum absolute atomic E-state index is 12.6. The van der Waals surface area contributed by atoms with E-state index in [1.807, 2.05) is 0 Å². The maximum atomic E-state index is 12.6. The van der Waals surface area contributed by atoms with Crippen molar-refractivity contribution >= 4 is 9.84 Å². The van der Waals surface area contributed by atoms with Crippen LogP contribution in [0.15, 0.2) is 29.2 Å². The Morgan fingerprint density at radius 3 is 2.62 bits per heavy atom. The molecule has 24 heavy (non-hydrogen) atoms. The van der Waals surface area contributed by atoms with E-state index >= 15 is 0 Å². The number of ether oxygens (including phenoxy) is 1. The number of nitrogens with zero attached hydrogens (tertiary/aromatic N) is 1. The third-order valence-corrected chi connectivity index (χ3v) is 6.81. The smallest absolute Gasteiger partial charge is 0.179 e. The van der Waals surface area contributed by atoms with Crippen LogP contribution in [0, 0.1) is 11.3 Å². The number of hydrogen-bond acceptors (Lipinski definition) is 4. The van der Waals surface area contributed by atoms with Crippen LogP contribution in [-0.2, 0) is 9.84 Å². The van der Waals surface area contributed by atoms with Crippen LogP contribution < -0.4 is 4.74 Å². The number of hydrogen-bond donors (Lipinski definition) is 0. The molecule has 4 nitrogen and oxygen atoms in total. The van der Waals surface area contributed by atoms with Gasteiger partial charge in [-0.05, 0) is 61.9 Å². The summed E-state index contributed by atoms with van der Waals surface area (Å²) in [7, 11) is -1.72. The van der Waals surface area contributed by atoms with Gasteiger partial charge >= 0.3 is 0 Å². The van der Waals surface area contributed by atoms with Gasteiger partial charge in [-0.25, -0.2) is 8.42 Å². The van der Waals surface area contributed by atoms with Crippen LogP contribution in [-0.4, -0.2) is 45.8 Å². The van der Waals surface area contributed by atoms with Crippen LogP contribution in [0.3, 0.4) is 0 Å². The predicted molar refractivity (Wildman–Crippen MR) is 98.3 cm³/mol. The molecule has 1 heterocycles. The second-order valence-corrected chi connectivity index (χ2v) is 9.94. The van der Waals surface area contributed by atoms with E-state index in [1.54, 1.807) is 31.4 Å². The molecule has 0 bridgehead atoms. The lowest BCUT2D eigenvalue weighted by Gasteiger charge is -2.29. The van der Waals surface area contributed by atoms with Gasteiger partial charge < -0.3 is 9.64 Å². The lowest BCUT2D eigenvalue weighted by molar-refractivity contribution is 0.210. The molecule has 0 aliphatic carbocycles. The average Bonchev–Trinajstić information content (AvgIpc) is 2.78. The average molecular weight is 354 g/mol. The Morgan fingerprint density at radius 1 is 1.21 bits per heavy atom. The zero-order valence-electron chi connectivity index (χ0n) is 15.4. The highest BCUT2D eigenvalue weighted by Gasteiger charge is 2.27. The largest absolute Gasteiger partial charge is 0.497 e. The van der Waals surface area contributed by atoms with Gasteiger partial charge in [0.05, 0.1) is 17.8 Å². The topological polar surface area (TPSA) is 46.6 Å². The third kappa shape index (κ3) is 5.21. The first-order valence-corrected chi connectivity index (χ1v) is 10.5. The van der Waals surface area contributed by atoms with Gasteiger partial charge in [-0.2, -0.15) is 0 Å². The van der Waals surface area contributed by atoms with Crippen molar-refractivity contribution in [3.8, 4) is 5.75 Å². The molecule has 136 valence electrons. The fraction of sp³-hybridized carbons (Fsp3) is 0.684. The van der Waals surface area contributed by atoms with E-state index < -0.39 is 9.84 Å². The Bertz CT molecular complexity index is 634. The molecule has 1 atom stereocenters. The van der Waals surface area contributed by atoms with Crippen LogP contribution in [0.1, 0.15) is 40.0 Å². The Hall–Kier alpha value is -1.07. The van der Waals surface area contributed by atoms with Crippen LogP contribution in [0.5, 0.6) is 5.75 Å². The van der Waals surface area contributed by atoms with E-state index in [0.717, 1.165) is 31.8 Å². The molecule has 0 spiro atoms. The van der Waals surface area contributed by atoms with E-state index in [1.165, 1.54) is 6.42 Å². The summed E-state index contributed by atoms with van der Waals surface area (Å²) in [5, 5.41) is 0. The highest BCUT2D eigenvalue weighted by atomic mass is 32.2. The van der Waals surface area contributed by atoms with Crippen LogP contribution in [0.4, 0.5) is 0 Å². The molecule has 1 saturated heterocycles. The summed E-state index contributed by atoms with van der Waals surface area (Å²) in [6, 6.07) is 6.75. The minimum absolute atomic E-state index is 0.167. The second-order valence-electron chi connectivity index (χ2n) is 7.83. The summed E-state index contributed by atoms with van der Waals surface area (Å²) in [4.78, 5) is 2.66. The van der Waals surface area contributed by atoms with Gasteiger partial charge in [0.25, 0.3) is 0 Å². The molecule has 1 aliphatic heterocycles. The van der Waals surface area contributed by atoms with Crippen molar-refractivity contribution in [1.82, 2.24) is 4.90 Å². The number of rotatable bonds is 5. The number of methoxy groups -OCH3 is 1. The zero-order chi connectivity index (χ0) is 17.8. The standard InChI is InChI=1S/C19H31NO3S/c1-19(2,3)16-7-6-11-20(12-10-16)13-14-24(21,22)18-9-5-8-17(15-18)23-4/h5,8-9,15-16H,6-7,10-14H2,1-4H3/t16-/m1/s1. The number of likely N-dealkylation sites (tertiary alicyclic amines) is 1. The third-order valence-electron chi connectivity index (χ3n) is 5.12. The summed E-state index contributed by atoms with van der Waals surface area (Å²) in [5.74, 6) is 1.47. The molecule has 1 aromatic rings. The maximum Gasteiger partial charge on any atom is 0.179 e. The van der Waals surface area contributed by atoms with Crippen molar-refractivity contribution in [3.63, 3.8) is 0 Å². The first-order valence-electron chi connectivity index (χ1n) is 8.81. The Morgan fingerprint density at radius 2 is 1.96 bits per heavy atom. The lowest BCUT2D eigenvalue weighted by atomic mass is 9.77. The summed E-state index contributed by atoms with van der Waals surface area (Å²) >= 11 is 0. The summed E-state index contributed by atoms with van der Waals surface area (Å²) in [6.07, 6.45) is 3.55. The summed E-state index contributed by atoms with van der Waals surface area (Å²) in [5.41, 5.74) is 0.336. The molecule has 0 saturated carbocycles. The molecule has 0 N–H and O–H groups in total. The van der Waals surface area contributed by atoms with Gasteiger partial charge in [0.1, 0.15) is 5.75 Å². The minimum Gasteiger partial charge on any atom is -0.497 e. The van der Waals surface area contributed by atoms with E-state index in [2.05, 4.69) is 25.7 Å². The highest BCUT2D eigenvalue weighted by Crippen LogP contribution is 2.34. The molecule has 0 amide bonds. The van der Waals surface area contributed by atoms with Gasteiger partial charge in [-0.3, -0.25) is 0 Å². The summed E-state index contributed by atoms with van der Waals surface area (Å²) in [6.45, 7) is 9.52. The van der Waals surface area contributed by atoms with Crippen LogP contribution in [0.2, 0.25) is 0 Å². The fourth-order valence-electron chi connectivity index (χ4n) is 3.41. The first kappa shape index (κ1) is 19.3. The van der Waals surface area contributed by atoms with Gasteiger partial charge in [0, 0.05) is 6.54 Å². The van der Waals surface area contributed by atoms with Crippen molar-refractivity contribution in [1.29, 1.82) is 0 Å². The van der Waals surface area contributed by atoms with Crippen molar-refractivity contribution in [2.45, 2.75) is 44.9 Å². The predicted octanol–water partition coefficient (Wildman–Crippen LogP) is 3.62. The fourth-order valence-corrected chi connectivity index (χ4v) is 4.72. The molecule has 0 radical (unpaired) electrons. The van der Waals surface area contributed by atoms with E-state index in [4.69, 9.17) is 4.74 Å². The molecule has 0 aromatic heterocycles. The van der Waals surface area contributed by atoms with Crippen LogP contribution >= 0.6 is 0 Å². The zero-order valence-corrected chi connectivity index (χ0v) is 16.2. The Balaban J connectivity index is 1.94. The van der Waals surface area contributed by atoms with Crippen molar-refractivity contribution in [2.24, 2.45) is 11.3 Å². The molecule has 2 rings (SSSR count). The molecular weight excluding hydrogens is 322 g/mol. The first-order chi connectivity index (χ1) is 11.2. The van der Waals surface area contributed by atoms with Crippen molar-refractivity contribution in [3.05, 3.63) is 24.3 Å². The molecule has 0 unspecified atom stereocenters. The Kier molecular flexibility index (Phi) is 6.32. The SMILES string of the molecule is COc1cccc(S(=O)(=O)CCN2CCC[C@@H](C(C)(C)C)CC2)c1. The molecule has 5 heteroatoms. The van der Waals surface area contributed by atoms with Gasteiger partial charge in [0.2, 0.25) is 0 Å².